The normalized spacial score (nSPS) is 11.5. The fraction of sp³-hybridized carbons (Fsp3) is 0.318. The zero-order valence-electron chi connectivity index (χ0n) is 16.2. The average molecular weight is 383 g/mol. The summed E-state index contributed by atoms with van der Waals surface area (Å²) in [5.41, 5.74) is 1.56. The molecule has 0 fully saturated rings. The molecule has 0 N–H and O–H groups in total. The van der Waals surface area contributed by atoms with Gasteiger partial charge in [-0.2, -0.15) is 0 Å². The van der Waals surface area contributed by atoms with E-state index in [-0.39, 0.29) is 26.2 Å². The highest BCUT2D eigenvalue weighted by molar-refractivity contribution is 6.10. The van der Waals surface area contributed by atoms with Gasteiger partial charge in [0.1, 0.15) is 12.5 Å². The number of esters is 1. The van der Waals surface area contributed by atoms with Crippen LogP contribution < -0.4 is 4.90 Å². The van der Waals surface area contributed by atoms with Crippen LogP contribution >= 0.6 is 0 Å². The van der Waals surface area contributed by atoms with Crippen molar-refractivity contribution in [3.63, 3.8) is 0 Å². The first-order valence-corrected chi connectivity index (χ1v) is 9.15. The van der Waals surface area contributed by atoms with E-state index in [0.717, 1.165) is 5.56 Å². The molecule has 0 aliphatic heterocycles. The van der Waals surface area contributed by atoms with Gasteiger partial charge in [0, 0.05) is 12.7 Å². The van der Waals surface area contributed by atoms with Crippen molar-refractivity contribution in [1.29, 1.82) is 0 Å². The highest BCUT2D eigenvalue weighted by Gasteiger charge is 2.32. The summed E-state index contributed by atoms with van der Waals surface area (Å²) in [6.07, 6.45) is -0.308. The first-order chi connectivity index (χ1) is 13.5. The van der Waals surface area contributed by atoms with Crippen LogP contribution in [0.4, 0.5) is 5.69 Å². The fourth-order valence-electron chi connectivity index (χ4n) is 2.68. The van der Waals surface area contributed by atoms with Gasteiger partial charge >= 0.3 is 5.97 Å². The highest BCUT2D eigenvalue weighted by atomic mass is 16.5. The van der Waals surface area contributed by atoms with Gasteiger partial charge in [-0.15, -0.1) is 0 Å². The lowest BCUT2D eigenvalue weighted by atomic mass is 9.98. The number of hydrogen-bond acceptors (Lipinski definition) is 5. The van der Waals surface area contributed by atoms with Crippen LogP contribution in [0.25, 0.3) is 0 Å². The van der Waals surface area contributed by atoms with Gasteiger partial charge in [-0.25, -0.2) is 0 Å². The Labute approximate surface area is 165 Å². The zero-order chi connectivity index (χ0) is 20.4. The summed E-state index contributed by atoms with van der Waals surface area (Å²) in [4.78, 5) is 38.9. The number of ketones is 1. The lowest BCUT2D eigenvalue weighted by Gasteiger charge is -2.22. The Balaban J connectivity index is 2.05. The van der Waals surface area contributed by atoms with Crippen molar-refractivity contribution in [3.8, 4) is 0 Å². The van der Waals surface area contributed by atoms with Gasteiger partial charge < -0.3 is 14.4 Å². The largest absolute Gasteiger partial charge is 0.466 e. The van der Waals surface area contributed by atoms with Crippen LogP contribution in [-0.2, 0) is 30.5 Å². The molecule has 6 nitrogen and oxygen atoms in total. The molecule has 2 aromatic carbocycles. The molecule has 148 valence electrons. The summed E-state index contributed by atoms with van der Waals surface area (Å²) in [5, 5.41) is 0. The van der Waals surface area contributed by atoms with E-state index >= 15 is 0 Å². The third-order valence-corrected chi connectivity index (χ3v) is 4.19. The zero-order valence-corrected chi connectivity index (χ0v) is 16.2. The van der Waals surface area contributed by atoms with E-state index in [2.05, 4.69) is 0 Å². The third kappa shape index (κ3) is 6.32. The maximum atomic E-state index is 12.9. The molecular weight excluding hydrogens is 358 g/mol. The van der Waals surface area contributed by atoms with Gasteiger partial charge in [0.15, 0.2) is 5.78 Å². The topological polar surface area (TPSA) is 72.9 Å². The number of para-hydroxylation sites is 1. The van der Waals surface area contributed by atoms with Gasteiger partial charge in [-0.1, -0.05) is 48.5 Å². The second kappa shape index (κ2) is 11.0. The van der Waals surface area contributed by atoms with E-state index < -0.39 is 23.6 Å². The van der Waals surface area contributed by atoms with E-state index in [1.165, 1.54) is 4.90 Å². The molecule has 0 saturated heterocycles. The van der Waals surface area contributed by atoms with Crippen LogP contribution in [0.3, 0.4) is 0 Å². The molecule has 28 heavy (non-hydrogen) atoms. The van der Waals surface area contributed by atoms with Crippen molar-refractivity contribution in [1.82, 2.24) is 0 Å². The molecule has 6 heteroatoms. The molecule has 0 saturated carbocycles. The lowest BCUT2D eigenvalue weighted by Crippen LogP contribution is -2.40. The minimum atomic E-state index is -1.15. The quantitative estimate of drug-likeness (QED) is 0.466. The molecule has 1 amide bonds. The van der Waals surface area contributed by atoms with Gasteiger partial charge in [0.2, 0.25) is 5.91 Å². The van der Waals surface area contributed by atoms with E-state index in [1.807, 2.05) is 36.4 Å². The average Bonchev–Trinajstić information content (AvgIpc) is 2.72. The molecule has 0 radical (unpaired) electrons. The summed E-state index contributed by atoms with van der Waals surface area (Å²) in [6, 6.07) is 18.4. The predicted molar refractivity (Wildman–Crippen MR) is 106 cm³/mol. The maximum Gasteiger partial charge on any atom is 0.307 e. The molecular formula is C22H25NO5. The number of anilines is 1. The molecule has 0 aromatic heterocycles. The van der Waals surface area contributed by atoms with Gasteiger partial charge in [-0.05, 0) is 24.6 Å². The first-order valence-electron chi connectivity index (χ1n) is 9.15. The first kappa shape index (κ1) is 21.3. The number of benzene rings is 2. The van der Waals surface area contributed by atoms with Crippen LogP contribution in [0.15, 0.2) is 60.7 Å². The van der Waals surface area contributed by atoms with Crippen LogP contribution in [0, 0.1) is 5.92 Å². The maximum absolute atomic E-state index is 12.9. The monoisotopic (exact) mass is 383 g/mol. The summed E-state index contributed by atoms with van der Waals surface area (Å²) < 4.78 is 10.4. The molecule has 0 aliphatic carbocycles. The van der Waals surface area contributed by atoms with E-state index in [1.54, 1.807) is 38.2 Å². The Morgan fingerprint density at radius 1 is 0.964 bits per heavy atom. The number of hydrogen-bond donors (Lipinski definition) is 0. The Hall–Kier alpha value is -2.99. The summed E-state index contributed by atoms with van der Waals surface area (Å²) >= 11 is 0. The number of carbonyl (C=O) groups is 3. The van der Waals surface area contributed by atoms with E-state index in [4.69, 9.17) is 9.47 Å². The van der Waals surface area contributed by atoms with Crippen molar-refractivity contribution in [3.05, 3.63) is 66.2 Å². The number of nitrogens with zero attached hydrogens (tertiary/aromatic N) is 1. The van der Waals surface area contributed by atoms with Crippen LogP contribution in [0.2, 0.25) is 0 Å². The SMILES string of the molecule is CCOC(=O)CC(C(=O)COCc1ccccc1)C(=O)N(C)c1ccccc1. The van der Waals surface area contributed by atoms with Crippen molar-refractivity contribution >= 4 is 23.3 Å². The molecule has 0 heterocycles. The molecule has 0 aliphatic rings. The molecule has 1 unspecified atom stereocenters. The molecule has 1 atom stereocenters. The van der Waals surface area contributed by atoms with Crippen molar-refractivity contribution in [2.24, 2.45) is 5.92 Å². The highest BCUT2D eigenvalue weighted by Crippen LogP contribution is 2.18. The second-order valence-electron chi connectivity index (χ2n) is 6.24. The third-order valence-electron chi connectivity index (χ3n) is 4.19. The van der Waals surface area contributed by atoms with Crippen molar-refractivity contribution in [2.75, 3.05) is 25.2 Å². The summed E-state index contributed by atoms with van der Waals surface area (Å²) in [6.45, 7) is 1.86. The number of Topliss-reactive ketones (excluding diaryl/α,β-unsaturated/α-hetero) is 1. The van der Waals surface area contributed by atoms with Gasteiger partial charge in [-0.3, -0.25) is 14.4 Å². The number of ether oxygens (including phenoxy) is 2. The van der Waals surface area contributed by atoms with Crippen LogP contribution in [0.1, 0.15) is 18.9 Å². The van der Waals surface area contributed by atoms with E-state index in [0.29, 0.717) is 5.69 Å². The van der Waals surface area contributed by atoms with Crippen molar-refractivity contribution in [2.45, 2.75) is 20.0 Å². The Bertz CT molecular complexity index is 776. The minimum Gasteiger partial charge on any atom is -0.466 e. The Morgan fingerprint density at radius 3 is 2.18 bits per heavy atom. The van der Waals surface area contributed by atoms with Gasteiger partial charge in [0.05, 0.1) is 19.6 Å². The second-order valence-corrected chi connectivity index (χ2v) is 6.24. The predicted octanol–water partition coefficient (Wildman–Crippen LogP) is 3.00. The smallest absolute Gasteiger partial charge is 0.307 e. The number of amides is 1. The van der Waals surface area contributed by atoms with Gasteiger partial charge in [0.25, 0.3) is 0 Å². The molecule has 2 aromatic rings. The van der Waals surface area contributed by atoms with Crippen LogP contribution in [0.5, 0.6) is 0 Å². The molecule has 0 bridgehead atoms. The number of carbonyl (C=O) groups excluding carboxylic acids is 3. The van der Waals surface area contributed by atoms with Crippen LogP contribution in [-0.4, -0.2) is 37.9 Å². The van der Waals surface area contributed by atoms with E-state index in [9.17, 15) is 14.4 Å². The molecule has 2 rings (SSSR count). The molecule has 0 spiro atoms. The van der Waals surface area contributed by atoms with Crippen molar-refractivity contribution < 1.29 is 23.9 Å². The Morgan fingerprint density at radius 2 is 1.57 bits per heavy atom. The lowest BCUT2D eigenvalue weighted by molar-refractivity contribution is -0.149. The number of rotatable bonds is 10. The Kier molecular flexibility index (Phi) is 8.37. The standard InChI is InChI=1S/C22H25NO5/c1-3-28-21(25)14-19(22(26)23(2)18-12-8-5-9-13-18)20(24)16-27-15-17-10-6-4-7-11-17/h4-13,19H,3,14-16H2,1-2H3. The summed E-state index contributed by atoms with van der Waals surface area (Å²) in [5.74, 6) is -2.65. The fourth-order valence-corrected chi connectivity index (χ4v) is 2.68. The minimum absolute atomic E-state index is 0.187. The summed E-state index contributed by atoms with van der Waals surface area (Å²) in [7, 11) is 1.58.